The SMILES string of the molecule is N=C(N)NCCC[C@H](NC(=O)OCc1ccccc1)C(=O)NCCCC[C@@H](NC(=O)[C@H](CCCNC(=N)N)NC(=O)OCc1ccccc1)C(=O)NCCCC[C@@H](NC(=O)[C@@H](CCCCNC(=O)[C@H](CCCNC(=N)N)NC(=O)OCc1ccccc1)NC(=O)[C@H](CCCNC(=N)N)NC(=O)OCc1ccccc1)C(=O)N[C@@H](Cc1ccccc1)C(N)=O. The number of amides is 12. The van der Waals surface area contributed by atoms with Gasteiger partial charge in [-0.25, -0.2) is 19.2 Å². The van der Waals surface area contributed by atoms with E-state index in [1.54, 1.807) is 152 Å². The van der Waals surface area contributed by atoms with Gasteiger partial charge in [-0.1, -0.05) is 152 Å². The van der Waals surface area contributed by atoms with E-state index in [-0.39, 0.29) is 205 Å². The third-order valence-corrected chi connectivity index (χ3v) is 18.7. The van der Waals surface area contributed by atoms with Crippen molar-refractivity contribution in [3.05, 3.63) is 179 Å². The molecule has 0 saturated heterocycles. The van der Waals surface area contributed by atoms with E-state index in [4.69, 9.17) is 69.3 Å². The maximum atomic E-state index is 15.1. The minimum absolute atomic E-state index is 0.0244. The zero-order chi connectivity index (χ0) is 89.4. The molecule has 29 N–H and O–H groups in total. The van der Waals surface area contributed by atoms with Crippen molar-refractivity contribution < 1.29 is 76.5 Å². The summed E-state index contributed by atoms with van der Waals surface area (Å²) in [7, 11) is 0. The first-order valence-electron chi connectivity index (χ1n) is 40.8. The maximum absolute atomic E-state index is 15.1. The number of carbonyl (C=O) groups excluding carboxylic acids is 12. The summed E-state index contributed by atoms with van der Waals surface area (Å²) in [6.07, 6.45) is -2.24. The van der Waals surface area contributed by atoms with Crippen molar-refractivity contribution in [1.82, 2.24) is 79.8 Å². The molecule has 0 unspecified atom stereocenters. The van der Waals surface area contributed by atoms with Crippen molar-refractivity contribution in [2.24, 2.45) is 28.7 Å². The van der Waals surface area contributed by atoms with Crippen LogP contribution in [0.15, 0.2) is 152 Å². The molecule has 12 amide bonds. The fourth-order valence-corrected chi connectivity index (χ4v) is 12.2. The maximum Gasteiger partial charge on any atom is 0.408 e. The molecular weight excluding hydrogens is 1590 g/mol. The van der Waals surface area contributed by atoms with Crippen molar-refractivity contribution >= 4 is 95.5 Å². The first kappa shape index (κ1) is 99.6. The lowest BCUT2D eigenvalue weighted by Gasteiger charge is -2.26. The van der Waals surface area contributed by atoms with Crippen LogP contribution in [0.1, 0.15) is 137 Å². The molecule has 5 rings (SSSR count). The number of benzene rings is 5. The van der Waals surface area contributed by atoms with Crippen LogP contribution in [0.2, 0.25) is 0 Å². The second-order valence-electron chi connectivity index (χ2n) is 28.7. The molecule has 5 aromatic carbocycles. The Morgan fingerprint density at radius 3 is 0.667 bits per heavy atom. The second kappa shape index (κ2) is 58.0. The number of unbranched alkanes of at least 4 members (excludes halogenated alkanes) is 3. The third-order valence-electron chi connectivity index (χ3n) is 18.7. The van der Waals surface area contributed by atoms with Gasteiger partial charge in [0.1, 0.15) is 74.8 Å². The van der Waals surface area contributed by atoms with Crippen LogP contribution in [-0.2, 0) is 90.2 Å². The van der Waals surface area contributed by atoms with Gasteiger partial charge in [-0.3, -0.25) is 60.0 Å². The van der Waals surface area contributed by atoms with E-state index in [0.29, 0.717) is 34.2 Å². The molecule has 0 aromatic heterocycles. The lowest BCUT2D eigenvalue weighted by atomic mass is 10.0. The Bertz CT molecular complexity index is 4150. The number of nitrogens with two attached hydrogens (primary N) is 5. The van der Waals surface area contributed by atoms with Crippen LogP contribution in [0.5, 0.6) is 0 Å². The average Bonchev–Trinajstić information content (AvgIpc) is 0.866. The summed E-state index contributed by atoms with van der Waals surface area (Å²) in [6, 6.07) is 33.3. The van der Waals surface area contributed by atoms with Crippen molar-refractivity contribution in [3.8, 4) is 0 Å². The minimum Gasteiger partial charge on any atom is -0.445 e. The summed E-state index contributed by atoms with van der Waals surface area (Å²) in [5.41, 5.74) is 31.3. The zero-order valence-electron chi connectivity index (χ0n) is 69.0. The van der Waals surface area contributed by atoms with Crippen LogP contribution < -0.4 is 108 Å². The molecule has 0 spiro atoms. The quantitative estimate of drug-likeness (QED) is 0.0114. The number of hydrogen-bond donors (Lipinski definition) is 24. The molecule has 0 radical (unpaired) electrons. The Hall–Kier alpha value is -14.0. The summed E-state index contributed by atoms with van der Waals surface area (Å²) in [5, 5.41) is 70.8. The average molecular weight is 1710 g/mol. The first-order valence-corrected chi connectivity index (χ1v) is 40.8. The highest BCUT2D eigenvalue weighted by molar-refractivity contribution is 5.96. The molecule has 123 heavy (non-hydrogen) atoms. The number of ether oxygens (including phenoxy) is 4. The van der Waals surface area contributed by atoms with Crippen LogP contribution in [-0.4, -0.2) is 190 Å². The summed E-state index contributed by atoms with van der Waals surface area (Å²) in [6.45, 7) is 0.0499. The Kier molecular flexibility index (Phi) is 47.0. The Morgan fingerprint density at radius 1 is 0.236 bits per heavy atom. The molecule has 40 heteroatoms. The van der Waals surface area contributed by atoms with Crippen molar-refractivity contribution in [1.29, 1.82) is 21.6 Å². The van der Waals surface area contributed by atoms with E-state index < -0.39 is 120 Å². The monoisotopic (exact) mass is 1710 g/mol. The normalized spacial score (nSPS) is 12.6. The molecule has 5 aromatic rings. The van der Waals surface area contributed by atoms with E-state index in [9.17, 15) is 52.7 Å². The number of guanidine groups is 4. The van der Waals surface area contributed by atoms with Gasteiger partial charge in [0.05, 0.1) is 0 Å². The fourth-order valence-electron chi connectivity index (χ4n) is 12.2. The number of primary amides is 1. The van der Waals surface area contributed by atoms with Crippen molar-refractivity contribution in [2.45, 2.75) is 190 Å². The number of hydrogen-bond acceptors (Lipinski definition) is 20. The van der Waals surface area contributed by atoms with Gasteiger partial charge in [-0.2, -0.15) is 0 Å². The summed E-state index contributed by atoms with van der Waals surface area (Å²) < 4.78 is 21.7. The van der Waals surface area contributed by atoms with Crippen LogP contribution >= 0.6 is 0 Å². The number of rotatable bonds is 57. The molecule has 0 aliphatic carbocycles. The Balaban J connectivity index is 1.40. The van der Waals surface area contributed by atoms with E-state index in [1.807, 2.05) is 0 Å². The zero-order valence-corrected chi connectivity index (χ0v) is 69.0. The van der Waals surface area contributed by atoms with Crippen molar-refractivity contribution in [3.63, 3.8) is 0 Å². The topological polar surface area (TPSA) is 648 Å². The van der Waals surface area contributed by atoms with Crippen LogP contribution in [0.25, 0.3) is 0 Å². The number of carbonyl (C=O) groups is 12. The molecule has 0 aliphatic heterocycles. The molecule has 0 bridgehead atoms. The van der Waals surface area contributed by atoms with E-state index in [2.05, 4.69) is 79.8 Å². The Morgan fingerprint density at radius 2 is 0.431 bits per heavy atom. The van der Waals surface area contributed by atoms with Gasteiger partial charge in [-0.15, -0.1) is 0 Å². The van der Waals surface area contributed by atoms with Gasteiger partial charge < -0.3 is 127 Å². The molecule has 0 fully saturated rings. The molecule has 40 nitrogen and oxygen atoms in total. The number of nitrogens with one attached hydrogen (secondary N) is 19. The van der Waals surface area contributed by atoms with Crippen molar-refractivity contribution in [2.75, 3.05) is 45.8 Å². The highest BCUT2D eigenvalue weighted by Gasteiger charge is 2.33. The van der Waals surface area contributed by atoms with Crippen LogP contribution in [0.3, 0.4) is 0 Å². The lowest BCUT2D eigenvalue weighted by molar-refractivity contribution is -0.134. The fraction of sp³-hybridized carbons (Fsp3) is 0.446. The van der Waals surface area contributed by atoms with Gasteiger partial charge in [0.2, 0.25) is 47.3 Å². The summed E-state index contributed by atoms with van der Waals surface area (Å²) in [4.78, 5) is 167. The highest BCUT2D eigenvalue weighted by atomic mass is 16.6. The predicted octanol–water partition coefficient (Wildman–Crippen LogP) is 1.75. The van der Waals surface area contributed by atoms with Gasteiger partial charge in [0, 0.05) is 52.2 Å². The smallest absolute Gasteiger partial charge is 0.408 e. The van der Waals surface area contributed by atoms with Crippen LogP contribution in [0.4, 0.5) is 19.2 Å². The van der Waals surface area contributed by atoms with E-state index >= 15 is 4.79 Å². The molecule has 668 valence electrons. The highest BCUT2D eigenvalue weighted by Crippen LogP contribution is 2.14. The number of alkyl carbamates (subject to hydrolysis) is 4. The Labute approximate surface area is 714 Å². The molecular formula is C83H120N24O16. The van der Waals surface area contributed by atoms with Gasteiger partial charge in [-0.05, 0) is 137 Å². The molecule has 0 heterocycles. The second-order valence-corrected chi connectivity index (χ2v) is 28.7. The molecule has 0 aliphatic rings. The summed E-state index contributed by atoms with van der Waals surface area (Å²) in [5.74, 6) is -7.50. The van der Waals surface area contributed by atoms with Crippen LogP contribution in [0, 0.1) is 21.6 Å². The standard InChI is InChI=1S/C83H120N24O16/c84-68(108)67(50-55-26-6-1-7-27-55)103-73(113)64(101-72(112)63(102-75(115)66(42-25-49-99-79(91)92)107-83(119)123-54-59-34-14-5-15-35-59)37-17-21-45-95-71(111)62(40-23-47-97-77(87)88)105-81(117)121-52-57-30-10-3-11-31-57)38-18-20-43-93-69(109)60(100-74(114)65(41-24-48-98-78(89)90)106-82(118)122-53-58-32-12-4-13-33-58)36-16-19-44-94-70(110)61(39-22-46-96-76(85)86)104-80(116)120-51-56-28-8-2-9-29-56/h1-15,26-35,60-67H,16-25,36-54H2,(H2,84,108)(H,93,109)(H,94,110)(H,95,111)(H,100,114)(H,101,112)(H,102,115)(H,103,113)(H,104,116)(H,105,117)(H,106,118)(H,107,119)(H4,85,86,96)(H4,87,88,97)(H4,89,90,98)(H4,91,92,99)/t60-,61+,62+,63-,64-,65+,66+,67+/m1/s1. The first-order chi connectivity index (χ1) is 59.2. The largest absolute Gasteiger partial charge is 0.445 e. The molecule has 8 atom stereocenters. The van der Waals surface area contributed by atoms with Gasteiger partial charge in [0.25, 0.3) is 0 Å². The predicted molar refractivity (Wildman–Crippen MR) is 458 cm³/mol. The third kappa shape index (κ3) is 44.1. The van der Waals surface area contributed by atoms with E-state index in [0.717, 1.165) is 0 Å². The minimum atomic E-state index is -1.50. The van der Waals surface area contributed by atoms with Gasteiger partial charge in [0.15, 0.2) is 23.8 Å². The molecule has 0 saturated carbocycles. The summed E-state index contributed by atoms with van der Waals surface area (Å²) >= 11 is 0. The lowest BCUT2D eigenvalue weighted by Crippen LogP contribution is -2.58. The van der Waals surface area contributed by atoms with E-state index in [1.165, 1.54) is 0 Å². The van der Waals surface area contributed by atoms with Gasteiger partial charge >= 0.3 is 24.4 Å².